The fraction of sp³-hybridized carbons (Fsp3) is 0.444. The highest BCUT2D eigenvalue weighted by Crippen LogP contribution is 2.19. The van der Waals surface area contributed by atoms with Crippen molar-refractivity contribution in [2.24, 2.45) is 4.99 Å². The number of aromatic amines is 1. The zero-order valence-corrected chi connectivity index (χ0v) is 17.7. The lowest BCUT2D eigenvalue weighted by molar-refractivity contribution is -0.121. The molecule has 4 N–H and O–H groups in total. The van der Waals surface area contributed by atoms with Gasteiger partial charge in [-0.3, -0.25) is 9.79 Å². The molecule has 144 valence electrons. The number of fused-ring (bicyclic) bond motifs is 1. The van der Waals surface area contributed by atoms with Crippen molar-refractivity contribution in [3.63, 3.8) is 0 Å². The first-order chi connectivity index (χ1) is 12.0. The summed E-state index contributed by atoms with van der Waals surface area (Å²) < 4.78 is 13.4. The highest BCUT2D eigenvalue weighted by molar-refractivity contribution is 14.0. The molecule has 0 saturated heterocycles. The van der Waals surface area contributed by atoms with Gasteiger partial charge in [0, 0.05) is 49.7 Å². The molecule has 0 aliphatic carbocycles. The Morgan fingerprint density at radius 3 is 2.69 bits per heavy atom. The Bertz CT molecular complexity index is 744. The fourth-order valence-electron chi connectivity index (χ4n) is 2.58. The molecule has 0 saturated carbocycles. The van der Waals surface area contributed by atoms with E-state index >= 15 is 0 Å². The Labute approximate surface area is 170 Å². The highest BCUT2D eigenvalue weighted by Gasteiger charge is 2.06. The lowest BCUT2D eigenvalue weighted by atomic mass is 10.1. The van der Waals surface area contributed by atoms with E-state index in [0.717, 1.165) is 22.9 Å². The van der Waals surface area contributed by atoms with Gasteiger partial charge in [0.05, 0.1) is 0 Å². The standard InChI is InChI=1S/C18H26FN5O.HI/c1-12(2)24-17(25)7-9-22-18(20-3)21-8-6-13-11-23-16-5-4-14(19)10-15(13)16;/h4-5,10-12,23H,6-9H2,1-3H3,(H,24,25)(H2,20,21,22);1H. The number of guanidine groups is 1. The van der Waals surface area contributed by atoms with Gasteiger partial charge in [-0.05, 0) is 44.0 Å². The maximum absolute atomic E-state index is 13.4. The van der Waals surface area contributed by atoms with Gasteiger partial charge in [-0.1, -0.05) is 0 Å². The Morgan fingerprint density at radius 2 is 2.00 bits per heavy atom. The largest absolute Gasteiger partial charge is 0.361 e. The molecule has 0 spiro atoms. The van der Waals surface area contributed by atoms with Crippen molar-refractivity contribution in [1.82, 2.24) is 20.9 Å². The minimum Gasteiger partial charge on any atom is -0.361 e. The lowest BCUT2D eigenvalue weighted by Crippen LogP contribution is -2.40. The summed E-state index contributed by atoms with van der Waals surface area (Å²) in [6.07, 6.45) is 3.02. The van der Waals surface area contributed by atoms with E-state index in [2.05, 4.69) is 25.9 Å². The number of hydrogen-bond donors (Lipinski definition) is 4. The molecule has 2 aromatic rings. The van der Waals surface area contributed by atoms with Gasteiger partial charge in [0.2, 0.25) is 5.91 Å². The quantitative estimate of drug-likeness (QED) is 0.282. The molecule has 1 aromatic heterocycles. The van der Waals surface area contributed by atoms with E-state index in [4.69, 9.17) is 0 Å². The number of amides is 1. The predicted octanol–water partition coefficient (Wildman–Crippen LogP) is 2.55. The van der Waals surface area contributed by atoms with E-state index in [1.807, 2.05) is 20.0 Å². The van der Waals surface area contributed by atoms with Crippen molar-refractivity contribution in [3.8, 4) is 0 Å². The first-order valence-electron chi connectivity index (χ1n) is 8.49. The van der Waals surface area contributed by atoms with Crippen LogP contribution in [-0.4, -0.2) is 43.0 Å². The number of hydrogen-bond acceptors (Lipinski definition) is 2. The summed E-state index contributed by atoms with van der Waals surface area (Å²) in [6.45, 7) is 5.03. The van der Waals surface area contributed by atoms with Crippen LogP contribution in [0.2, 0.25) is 0 Å². The molecule has 26 heavy (non-hydrogen) atoms. The topological polar surface area (TPSA) is 81.3 Å². The summed E-state index contributed by atoms with van der Waals surface area (Å²) in [5.74, 6) is 0.417. The molecule has 0 radical (unpaired) electrons. The molecule has 1 heterocycles. The van der Waals surface area contributed by atoms with Gasteiger partial charge in [0.15, 0.2) is 5.96 Å². The third-order valence-corrected chi connectivity index (χ3v) is 3.73. The number of H-pyrrole nitrogens is 1. The smallest absolute Gasteiger partial charge is 0.221 e. The van der Waals surface area contributed by atoms with E-state index in [-0.39, 0.29) is 41.7 Å². The van der Waals surface area contributed by atoms with Crippen LogP contribution in [0.3, 0.4) is 0 Å². The molecular weight excluding hydrogens is 448 g/mol. The van der Waals surface area contributed by atoms with Crippen LogP contribution in [0.1, 0.15) is 25.8 Å². The lowest BCUT2D eigenvalue weighted by Gasteiger charge is -2.12. The number of halogens is 2. The van der Waals surface area contributed by atoms with Crippen molar-refractivity contribution in [2.45, 2.75) is 32.7 Å². The number of benzene rings is 1. The summed E-state index contributed by atoms with van der Waals surface area (Å²) in [5, 5.41) is 10.1. The van der Waals surface area contributed by atoms with Crippen molar-refractivity contribution >= 4 is 46.7 Å². The third-order valence-electron chi connectivity index (χ3n) is 3.73. The summed E-state index contributed by atoms with van der Waals surface area (Å²) in [6, 6.07) is 4.87. The summed E-state index contributed by atoms with van der Waals surface area (Å²) in [4.78, 5) is 18.9. The summed E-state index contributed by atoms with van der Waals surface area (Å²) in [7, 11) is 1.69. The molecule has 0 aliphatic heterocycles. The number of rotatable bonds is 7. The van der Waals surface area contributed by atoms with Crippen molar-refractivity contribution in [1.29, 1.82) is 0 Å². The van der Waals surface area contributed by atoms with E-state index in [1.54, 1.807) is 19.2 Å². The number of aromatic nitrogens is 1. The summed E-state index contributed by atoms with van der Waals surface area (Å²) >= 11 is 0. The van der Waals surface area contributed by atoms with Gasteiger partial charge >= 0.3 is 0 Å². The number of aliphatic imine (C=N–C) groups is 1. The molecule has 1 aromatic carbocycles. The molecule has 0 bridgehead atoms. The van der Waals surface area contributed by atoms with Crippen LogP contribution in [0.15, 0.2) is 29.4 Å². The van der Waals surface area contributed by atoms with Crippen LogP contribution in [0.5, 0.6) is 0 Å². The van der Waals surface area contributed by atoms with Gasteiger partial charge in [-0.2, -0.15) is 0 Å². The molecule has 0 aliphatic rings. The average molecular weight is 475 g/mol. The minimum absolute atomic E-state index is 0. The number of carbonyl (C=O) groups excluding carboxylic acids is 1. The van der Waals surface area contributed by atoms with Gasteiger partial charge in [0.1, 0.15) is 5.82 Å². The van der Waals surface area contributed by atoms with Gasteiger partial charge in [0.25, 0.3) is 0 Å². The fourth-order valence-corrected chi connectivity index (χ4v) is 2.58. The van der Waals surface area contributed by atoms with Crippen LogP contribution in [0.25, 0.3) is 10.9 Å². The molecule has 0 atom stereocenters. The molecule has 0 fully saturated rings. The Balaban J connectivity index is 0.00000338. The number of nitrogens with zero attached hydrogens (tertiary/aromatic N) is 1. The van der Waals surface area contributed by atoms with Crippen LogP contribution in [-0.2, 0) is 11.2 Å². The van der Waals surface area contributed by atoms with Crippen LogP contribution in [0.4, 0.5) is 4.39 Å². The first kappa shape index (κ1) is 22.2. The zero-order valence-electron chi connectivity index (χ0n) is 15.4. The van der Waals surface area contributed by atoms with Crippen LogP contribution >= 0.6 is 24.0 Å². The van der Waals surface area contributed by atoms with Gasteiger partial charge < -0.3 is 20.9 Å². The van der Waals surface area contributed by atoms with Crippen LogP contribution in [0, 0.1) is 5.82 Å². The normalized spacial score (nSPS) is 11.3. The Morgan fingerprint density at radius 1 is 1.27 bits per heavy atom. The molecular formula is C18H27FIN5O. The van der Waals surface area contributed by atoms with Gasteiger partial charge in [-0.25, -0.2) is 4.39 Å². The molecule has 0 unspecified atom stereocenters. The molecule has 8 heteroatoms. The van der Waals surface area contributed by atoms with Crippen molar-refractivity contribution in [2.75, 3.05) is 20.1 Å². The second kappa shape index (κ2) is 11.0. The van der Waals surface area contributed by atoms with E-state index in [1.165, 1.54) is 6.07 Å². The second-order valence-corrected chi connectivity index (χ2v) is 6.15. The van der Waals surface area contributed by atoms with Crippen LogP contribution < -0.4 is 16.0 Å². The zero-order chi connectivity index (χ0) is 18.2. The van der Waals surface area contributed by atoms with Crippen molar-refractivity contribution in [3.05, 3.63) is 35.8 Å². The minimum atomic E-state index is -0.238. The highest BCUT2D eigenvalue weighted by atomic mass is 127. The van der Waals surface area contributed by atoms with E-state index in [9.17, 15) is 9.18 Å². The maximum Gasteiger partial charge on any atom is 0.221 e. The SMILES string of the molecule is CN=C(NCCC(=O)NC(C)C)NCCc1c[nH]c2ccc(F)cc12.I. The Hall–Kier alpha value is -1.84. The van der Waals surface area contributed by atoms with E-state index in [0.29, 0.717) is 25.5 Å². The molecule has 2 rings (SSSR count). The Kier molecular flexibility index (Phi) is 9.39. The van der Waals surface area contributed by atoms with Gasteiger partial charge in [-0.15, -0.1) is 24.0 Å². The maximum atomic E-state index is 13.4. The monoisotopic (exact) mass is 475 g/mol. The number of nitrogens with one attached hydrogen (secondary N) is 4. The summed E-state index contributed by atoms with van der Waals surface area (Å²) in [5.41, 5.74) is 1.98. The first-order valence-corrected chi connectivity index (χ1v) is 8.49. The second-order valence-electron chi connectivity index (χ2n) is 6.15. The number of carbonyl (C=O) groups is 1. The van der Waals surface area contributed by atoms with Crippen molar-refractivity contribution < 1.29 is 9.18 Å². The predicted molar refractivity (Wildman–Crippen MR) is 115 cm³/mol. The molecule has 6 nitrogen and oxygen atoms in total. The average Bonchev–Trinajstić information content (AvgIpc) is 2.95. The van der Waals surface area contributed by atoms with E-state index < -0.39 is 0 Å². The third kappa shape index (κ3) is 6.81. The molecule has 1 amide bonds.